The molecule has 2 atom stereocenters. The maximum absolute atomic E-state index is 9.68. The minimum Gasteiger partial charge on any atom is -0.389 e. The van der Waals surface area contributed by atoms with Gasteiger partial charge in [-0.15, -0.1) is 0 Å². The first-order valence-corrected chi connectivity index (χ1v) is 6.99. The molecule has 0 aromatic carbocycles. The molecule has 0 bridgehead atoms. The van der Waals surface area contributed by atoms with E-state index >= 15 is 0 Å². The Balaban J connectivity index is 2.06. The van der Waals surface area contributed by atoms with Crippen molar-refractivity contribution in [3.63, 3.8) is 0 Å². The molecule has 0 spiro atoms. The SMILES string of the molecule is COCC(O)CNC(C)c1cnn(-c2ccccn2)c1C. The van der Waals surface area contributed by atoms with Gasteiger partial charge in [-0.25, -0.2) is 9.67 Å². The fraction of sp³-hybridized carbons (Fsp3) is 0.467. The summed E-state index contributed by atoms with van der Waals surface area (Å²) in [4.78, 5) is 4.30. The molecule has 6 heteroatoms. The van der Waals surface area contributed by atoms with E-state index in [2.05, 4.69) is 15.4 Å². The van der Waals surface area contributed by atoms with Crippen LogP contribution in [0.5, 0.6) is 0 Å². The van der Waals surface area contributed by atoms with Crippen LogP contribution in [0.2, 0.25) is 0 Å². The number of aromatic nitrogens is 3. The summed E-state index contributed by atoms with van der Waals surface area (Å²) in [5.74, 6) is 0.799. The monoisotopic (exact) mass is 290 g/mol. The van der Waals surface area contributed by atoms with Crippen molar-refractivity contribution in [2.45, 2.75) is 26.0 Å². The van der Waals surface area contributed by atoms with Crippen molar-refractivity contribution in [2.75, 3.05) is 20.3 Å². The summed E-state index contributed by atoms with van der Waals surface area (Å²) in [6.45, 7) is 4.86. The highest BCUT2D eigenvalue weighted by atomic mass is 16.5. The van der Waals surface area contributed by atoms with E-state index in [4.69, 9.17) is 4.74 Å². The summed E-state index contributed by atoms with van der Waals surface area (Å²) in [5.41, 5.74) is 2.13. The molecule has 6 nitrogen and oxygen atoms in total. The molecule has 21 heavy (non-hydrogen) atoms. The number of hydrogen-bond acceptors (Lipinski definition) is 5. The standard InChI is InChI=1S/C15H22N4O2/c1-11(17-8-13(20)10-21-3)14-9-18-19(12(14)2)15-6-4-5-7-16-15/h4-7,9,11,13,17,20H,8,10H2,1-3H3. The molecule has 114 valence electrons. The second-order valence-corrected chi connectivity index (χ2v) is 5.02. The molecule has 0 aliphatic carbocycles. The van der Waals surface area contributed by atoms with Gasteiger partial charge in [0.1, 0.15) is 0 Å². The van der Waals surface area contributed by atoms with Crippen LogP contribution in [-0.4, -0.2) is 46.2 Å². The van der Waals surface area contributed by atoms with Crippen molar-refractivity contribution in [1.82, 2.24) is 20.1 Å². The normalized spacial score (nSPS) is 14.1. The second kappa shape index (κ2) is 7.31. The lowest BCUT2D eigenvalue weighted by molar-refractivity contribution is 0.0630. The van der Waals surface area contributed by atoms with Crippen molar-refractivity contribution < 1.29 is 9.84 Å². The zero-order valence-electron chi connectivity index (χ0n) is 12.7. The van der Waals surface area contributed by atoms with Crippen LogP contribution in [0.3, 0.4) is 0 Å². The van der Waals surface area contributed by atoms with Gasteiger partial charge in [0.15, 0.2) is 5.82 Å². The average Bonchev–Trinajstić information content (AvgIpc) is 2.88. The van der Waals surface area contributed by atoms with Gasteiger partial charge in [0.25, 0.3) is 0 Å². The van der Waals surface area contributed by atoms with E-state index in [9.17, 15) is 5.11 Å². The smallest absolute Gasteiger partial charge is 0.153 e. The van der Waals surface area contributed by atoms with Crippen molar-refractivity contribution in [3.05, 3.63) is 41.9 Å². The summed E-state index contributed by atoms with van der Waals surface area (Å²) in [6.07, 6.45) is 3.08. The Labute approximate surface area is 124 Å². The van der Waals surface area contributed by atoms with Gasteiger partial charge in [0.2, 0.25) is 0 Å². The first-order valence-electron chi connectivity index (χ1n) is 6.99. The molecule has 2 heterocycles. The summed E-state index contributed by atoms with van der Waals surface area (Å²) < 4.78 is 6.73. The van der Waals surface area contributed by atoms with E-state index in [1.807, 2.05) is 42.9 Å². The topological polar surface area (TPSA) is 72.2 Å². The fourth-order valence-electron chi connectivity index (χ4n) is 2.23. The van der Waals surface area contributed by atoms with E-state index in [1.54, 1.807) is 13.3 Å². The lowest BCUT2D eigenvalue weighted by Gasteiger charge is -2.16. The van der Waals surface area contributed by atoms with Crippen LogP contribution in [0.25, 0.3) is 5.82 Å². The van der Waals surface area contributed by atoms with Crippen LogP contribution in [0.4, 0.5) is 0 Å². The molecule has 0 amide bonds. The highest BCUT2D eigenvalue weighted by molar-refractivity contribution is 5.29. The zero-order valence-corrected chi connectivity index (χ0v) is 12.7. The minimum absolute atomic E-state index is 0.0916. The summed E-state index contributed by atoms with van der Waals surface area (Å²) in [5, 5.41) is 17.4. The number of rotatable bonds is 7. The highest BCUT2D eigenvalue weighted by Crippen LogP contribution is 2.19. The number of pyridine rings is 1. The predicted molar refractivity (Wildman–Crippen MR) is 80.4 cm³/mol. The summed E-state index contributed by atoms with van der Waals surface area (Å²) in [7, 11) is 1.58. The molecule has 2 unspecified atom stereocenters. The Bertz CT molecular complexity index is 556. The van der Waals surface area contributed by atoms with Crippen molar-refractivity contribution in [3.8, 4) is 5.82 Å². The van der Waals surface area contributed by atoms with Gasteiger partial charge in [0, 0.05) is 37.2 Å². The molecule has 0 saturated heterocycles. The van der Waals surface area contributed by atoms with E-state index in [-0.39, 0.29) is 6.04 Å². The molecule has 0 fully saturated rings. The number of hydrogen-bond donors (Lipinski definition) is 2. The first kappa shape index (κ1) is 15.6. The van der Waals surface area contributed by atoms with Gasteiger partial charge in [-0.2, -0.15) is 5.10 Å². The molecule has 2 aromatic heterocycles. The van der Waals surface area contributed by atoms with E-state index in [0.717, 1.165) is 17.1 Å². The van der Waals surface area contributed by atoms with Crippen LogP contribution in [0.1, 0.15) is 24.2 Å². The van der Waals surface area contributed by atoms with E-state index in [1.165, 1.54) is 0 Å². The highest BCUT2D eigenvalue weighted by Gasteiger charge is 2.15. The number of nitrogens with zero attached hydrogens (tertiary/aromatic N) is 3. The second-order valence-electron chi connectivity index (χ2n) is 5.02. The molecule has 0 aliphatic heterocycles. The average molecular weight is 290 g/mol. The van der Waals surface area contributed by atoms with Gasteiger partial charge in [-0.1, -0.05) is 6.07 Å². The Morgan fingerprint density at radius 1 is 1.43 bits per heavy atom. The minimum atomic E-state index is -0.511. The third-order valence-corrected chi connectivity index (χ3v) is 3.40. The largest absolute Gasteiger partial charge is 0.389 e. The number of ether oxygens (including phenoxy) is 1. The van der Waals surface area contributed by atoms with Gasteiger partial charge in [0.05, 0.1) is 18.9 Å². The Morgan fingerprint density at radius 3 is 2.90 bits per heavy atom. The van der Waals surface area contributed by atoms with Crippen LogP contribution >= 0.6 is 0 Å². The predicted octanol–water partition coefficient (Wildman–Crippen LogP) is 1.23. The lowest BCUT2D eigenvalue weighted by atomic mass is 10.1. The van der Waals surface area contributed by atoms with Crippen LogP contribution in [0, 0.1) is 6.92 Å². The van der Waals surface area contributed by atoms with Crippen molar-refractivity contribution in [2.24, 2.45) is 0 Å². The molecule has 2 aromatic rings. The number of aliphatic hydroxyl groups excluding tert-OH is 1. The molecule has 0 radical (unpaired) electrons. The molecular formula is C15H22N4O2. The van der Waals surface area contributed by atoms with Gasteiger partial charge in [-0.3, -0.25) is 0 Å². The third kappa shape index (κ3) is 3.87. The maximum Gasteiger partial charge on any atom is 0.153 e. The molecule has 0 aliphatic rings. The van der Waals surface area contributed by atoms with Crippen LogP contribution in [0.15, 0.2) is 30.6 Å². The quantitative estimate of drug-likeness (QED) is 0.802. The summed E-state index contributed by atoms with van der Waals surface area (Å²) >= 11 is 0. The van der Waals surface area contributed by atoms with E-state index < -0.39 is 6.10 Å². The van der Waals surface area contributed by atoms with E-state index in [0.29, 0.717) is 13.2 Å². The lowest BCUT2D eigenvalue weighted by Crippen LogP contribution is -2.32. The maximum atomic E-state index is 9.68. The Kier molecular flexibility index (Phi) is 5.44. The fourth-order valence-corrected chi connectivity index (χ4v) is 2.23. The van der Waals surface area contributed by atoms with Crippen molar-refractivity contribution >= 4 is 0 Å². The molecule has 0 saturated carbocycles. The number of nitrogens with one attached hydrogen (secondary N) is 1. The van der Waals surface area contributed by atoms with Crippen molar-refractivity contribution in [1.29, 1.82) is 0 Å². The van der Waals surface area contributed by atoms with Gasteiger partial charge >= 0.3 is 0 Å². The number of aliphatic hydroxyl groups is 1. The zero-order chi connectivity index (χ0) is 15.2. The third-order valence-electron chi connectivity index (χ3n) is 3.40. The summed E-state index contributed by atoms with van der Waals surface area (Å²) in [6, 6.07) is 5.83. The Morgan fingerprint density at radius 2 is 2.24 bits per heavy atom. The Hall–Kier alpha value is -1.76. The first-order chi connectivity index (χ1) is 10.1. The molecular weight excluding hydrogens is 268 g/mol. The van der Waals surface area contributed by atoms with Gasteiger partial charge < -0.3 is 15.2 Å². The molecule has 2 rings (SSSR count). The van der Waals surface area contributed by atoms with Crippen LogP contribution < -0.4 is 5.32 Å². The number of methoxy groups -OCH3 is 1. The van der Waals surface area contributed by atoms with Crippen LogP contribution in [-0.2, 0) is 4.74 Å². The molecule has 2 N–H and O–H groups in total. The van der Waals surface area contributed by atoms with Gasteiger partial charge in [-0.05, 0) is 26.0 Å².